The molecule has 2 atom stereocenters. The Bertz CT molecular complexity index is 926. The number of rotatable bonds is 2. The van der Waals surface area contributed by atoms with Crippen LogP contribution in [-0.2, 0) is 0 Å². The lowest BCUT2D eigenvalue weighted by atomic mass is 10.2. The summed E-state index contributed by atoms with van der Waals surface area (Å²) in [7, 11) is 0. The first-order chi connectivity index (χ1) is 11.7. The van der Waals surface area contributed by atoms with Crippen molar-refractivity contribution in [3.05, 3.63) is 41.4 Å². The summed E-state index contributed by atoms with van der Waals surface area (Å²) in [4.78, 5) is 17.7. The molecule has 0 radical (unpaired) electrons. The fraction of sp³-hybridized carbons (Fsp3) is 0.353. The molecule has 0 saturated carbocycles. The summed E-state index contributed by atoms with van der Waals surface area (Å²) in [5.74, 6) is 1.26. The van der Waals surface area contributed by atoms with E-state index in [0.29, 0.717) is 11.9 Å². The molecule has 0 spiro atoms. The number of nitrogens with zero attached hydrogens (tertiary/aromatic N) is 5. The maximum Gasteiger partial charge on any atom is 0.165 e. The van der Waals surface area contributed by atoms with Crippen molar-refractivity contribution in [2.24, 2.45) is 0 Å². The molecule has 0 N–H and O–H groups in total. The van der Waals surface area contributed by atoms with Gasteiger partial charge in [-0.2, -0.15) is 0 Å². The molecule has 2 saturated heterocycles. The highest BCUT2D eigenvalue weighted by Crippen LogP contribution is 2.40. The van der Waals surface area contributed by atoms with E-state index in [0.717, 1.165) is 35.5 Å². The van der Waals surface area contributed by atoms with Crippen LogP contribution in [0.25, 0.3) is 10.2 Å². The minimum absolute atomic E-state index is 0.241. The van der Waals surface area contributed by atoms with Gasteiger partial charge in [0.15, 0.2) is 11.6 Å². The lowest BCUT2D eigenvalue weighted by Crippen LogP contribution is -2.47. The Balaban J connectivity index is 1.47. The third-order valence-electron chi connectivity index (χ3n) is 5.04. The first-order valence-electron chi connectivity index (χ1n) is 8.05. The van der Waals surface area contributed by atoms with E-state index in [4.69, 9.17) is 0 Å². The molecule has 0 aliphatic carbocycles. The Kier molecular flexibility index (Phi) is 3.00. The van der Waals surface area contributed by atoms with Crippen LogP contribution in [0.3, 0.4) is 0 Å². The number of aryl methyl sites for hydroxylation is 1. The van der Waals surface area contributed by atoms with E-state index in [1.807, 2.05) is 0 Å². The van der Waals surface area contributed by atoms with Crippen molar-refractivity contribution in [1.29, 1.82) is 0 Å². The predicted octanol–water partition coefficient (Wildman–Crippen LogP) is 3.00. The Hall–Kier alpha value is -2.28. The monoisotopic (exact) mass is 341 g/mol. The minimum atomic E-state index is -0.241. The Morgan fingerprint density at radius 3 is 2.67 bits per heavy atom. The maximum atomic E-state index is 14.1. The van der Waals surface area contributed by atoms with Gasteiger partial charge in [-0.1, -0.05) is 0 Å². The number of aromatic nitrogens is 3. The zero-order valence-corrected chi connectivity index (χ0v) is 14.0. The van der Waals surface area contributed by atoms with E-state index in [2.05, 4.69) is 37.1 Å². The second-order valence-corrected chi connectivity index (χ2v) is 7.33. The van der Waals surface area contributed by atoms with Crippen molar-refractivity contribution in [2.45, 2.75) is 25.4 Å². The molecule has 5 nitrogen and oxygen atoms in total. The zero-order chi connectivity index (χ0) is 16.3. The Labute approximate surface area is 142 Å². The van der Waals surface area contributed by atoms with Crippen LogP contribution in [0.4, 0.5) is 16.0 Å². The summed E-state index contributed by atoms with van der Waals surface area (Å²) in [6.07, 6.45) is 4.33. The van der Waals surface area contributed by atoms with Gasteiger partial charge in [0.2, 0.25) is 0 Å². The summed E-state index contributed by atoms with van der Waals surface area (Å²) < 4.78 is 15.2. The number of hydrogen-bond acceptors (Lipinski definition) is 6. The minimum Gasteiger partial charge on any atom is -0.348 e. The fourth-order valence-electron chi connectivity index (χ4n) is 3.94. The Morgan fingerprint density at radius 1 is 1.12 bits per heavy atom. The van der Waals surface area contributed by atoms with E-state index < -0.39 is 0 Å². The standard InChI is InChI=1S/C17H16FN5S/c1-10-8-24-15-14(10)20-9-21-17(15)23-7-11-5-12(23)6-22(11)16-13(18)3-2-4-19-16/h2-4,8-9,11-12H,5-7H2,1H3. The summed E-state index contributed by atoms with van der Waals surface area (Å²) in [6.45, 7) is 3.72. The highest BCUT2D eigenvalue weighted by molar-refractivity contribution is 7.18. The van der Waals surface area contributed by atoms with Gasteiger partial charge in [-0.3, -0.25) is 0 Å². The molecule has 3 aromatic heterocycles. The number of halogens is 1. The van der Waals surface area contributed by atoms with E-state index in [9.17, 15) is 4.39 Å². The van der Waals surface area contributed by atoms with Gasteiger partial charge in [-0.25, -0.2) is 19.3 Å². The number of thiophene rings is 1. The maximum absolute atomic E-state index is 14.1. The SMILES string of the molecule is Cc1csc2c(N3CC4CC3CN4c3ncccc3F)ncnc12. The first-order valence-corrected chi connectivity index (χ1v) is 8.93. The van der Waals surface area contributed by atoms with E-state index >= 15 is 0 Å². The van der Waals surface area contributed by atoms with Gasteiger partial charge in [-0.05, 0) is 36.4 Å². The van der Waals surface area contributed by atoms with Gasteiger partial charge in [0.1, 0.15) is 12.1 Å². The Morgan fingerprint density at radius 2 is 1.92 bits per heavy atom. The van der Waals surface area contributed by atoms with Gasteiger partial charge >= 0.3 is 0 Å². The van der Waals surface area contributed by atoms with Crippen molar-refractivity contribution in [3.8, 4) is 0 Å². The fourth-order valence-corrected chi connectivity index (χ4v) is 4.94. The second kappa shape index (κ2) is 5.11. The third kappa shape index (κ3) is 1.94. The quantitative estimate of drug-likeness (QED) is 0.717. The lowest BCUT2D eigenvalue weighted by molar-refractivity contribution is 0.584. The van der Waals surface area contributed by atoms with Crippen LogP contribution in [0.15, 0.2) is 30.0 Å². The molecule has 2 aliphatic rings. The van der Waals surface area contributed by atoms with Crippen molar-refractivity contribution < 1.29 is 4.39 Å². The molecule has 122 valence electrons. The smallest absolute Gasteiger partial charge is 0.165 e. The molecule has 2 bridgehead atoms. The van der Waals surface area contributed by atoms with Crippen molar-refractivity contribution in [1.82, 2.24) is 15.0 Å². The van der Waals surface area contributed by atoms with Crippen LogP contribution >= 0.6 is 11.3 Å². The van der Waals surface area contributed by atoms with E-state index in [1.54, 1.807) is 29.9 Å². The average Bonchev–Trinajstić information content (AvgIpc) is 3.29. The number of anilines is 2. The topological polar surface area (TPSA) is 45.2 Å². The van der Waals surface area contributed by atoms with Gasteiger partial charge in [0.25, 0.3) is 0 Å². The molecule has 0 aromatic carbocycles. The van der Waals surface area contributed by atoms with Crippen LogP contribution in [0.1, 0.15) is 12.0 Å². The predicted molar refractivity (Wildman–Crippen MR) is 93.2 cm³/mol. The van der Waals surface area contributed by atoms with Crippen molar-refractivity contribution in [2.75, 3.05) is 22.9 Å². The second-order valence-electron chi connectivity index (χ2n) is 6.45. The number of fused-ring (bicyclic) bond motifs is 3. The summed E-state index contributed by atoms with van der Waals surface area (Å²) in [5.41, 5.74) is 2.24. The molecular weight excluding hydrogens is 325 g/mol. The van der Waals surface area contributed by atoms with Crippen LogP contribution in [0.5, 0.6) is 0 Å². The average molecular weight is 341 g/mol. The first kappa shape index (κ1) is 14.1. The van der Waals surface area contributed by atoms with Crippen LogP contribution < -0.4 is 9.80 Å². The summed E-state index contributed by atoms with van der Waals surface area (Å²) in [6, 6.07) is 3.74. The third-order valence-corrected chi connectivity index (χ3v) is 6.12. The largest absolute Gasteiger partial charge is 0.348 e. The van der Waals surface area contributed by atoms with Crippen LogP contribution in [0.2, 0.25) is 0 Å². The number of piperazine rings is 1. The van der Waals surface area contributed by atoms with E-state index in [1.165, 1.54) is 11.6 Å². The molecule has 7 heteroatoms. The number of hydrogen-bond donors (Lipinski definition) is 0. The molecule has 5 heterocycles. The van der Waals surface area contributed by atoms with Crippen LogP contribution in [0, 0.1) is 12.7 Å². The molecule has 3 aromatic rings. The summed E-state index contributed by atoms with van der Waals surface area (Å²) in [5, 5.41) is 2.13. The highest BCUT2D eigenvalue weighted by Gasteiger charge is 2.45. The lowest BCUT2D eigenvalue weighted by Gasteiger charge is -2.35. The molecule has 0 amide bonds. The highest BCUT2D eigenvalue weighted by atomic mass is 32.1. The van der Waals surface area contributed by atoms with Gasteiger partial charge in [0, 0.05) is 19.3 Å². The van der Waals surface area contributed by atoms with Crippen molar-refractivity contribution in [3.63, 3.8) is 0 Å². The zero-order valence-electron chi connectivity index (χ0n) is 13.2. The molecule has 2 fully saturated rings. The normalized spacial score (nSPS) is 22.8. The molecule has 2 aliphatic heterocycles. The molecule has 2 unspecified atom stereocenters. The molecule has 24 heavy (non-hydrogen) atoms. The van der Waals surface area contributed by atoms with Crippen molar-refractivity contribution >= 4 is 33.2 Å². The van der Waals surface area contributed by atoms with Gasteiger partial charge in [0.05, 0.1) is 22.3 Å². The number of pyridine rings is 1. The van der Waals surface area contributed by atoms with Gasteiger partial charge in [-0.15, -0.1) is 11.3 Å². The van der Waals surface area contributed by atoms with E-state index in [-0.39, 0.29) is 11.9 Å². The van der Waals surface area contributed by atoms with Gasteiger partial charge < -0.3 is 9.80 Å². The molecular formula is C17H16FN5S. The summed E-state index contributed by atoms with van der Waals surface area (Å²) >= 11 is 1.70. The molecule has 5 rings (SSSR count). The van der Waals surface area contributed by atoms with Crippen LogP contribution in [-0.4, -0.2) is 40.1 Å².